The maximum absolute atomic E-state index is 13.7. The molecule has 206 valence electrons. The van der Waals surface area contributed by atoms with Crippen LogP contribution in [-0.4, -0.2) is 85.1 Å². The van der Waals surface area contributed by atoms with Gasteiger partial charge in [0.05, 0.1) is 37.0 Å². The van der Waals surface area contributed by atoms with E-state index in [-0.39, 0.29) is 47.9 Å². The molecule has 6 rings (SSSR count). The Bertz CT molecular complexity index is 1050. The number of ether oxygens (including phenoxy) is 2. The summed E-state index contributed by atoms with van der Waals surface area (Å²) in [5.41, 5.74) is 1.52. The molecule has 8 heteroatoms. The zero-order valence-corrected chi connectivity index (χ0v) is 22.6. The molecule has 3 aliphatic heterocycles. The third-order valence-electron chi connectivity index (χ3n) is 9.40. The number of morpholine rings is 1. The zero-order chi connectivity index (χ0) is 26.1. The topological polar surface area (TPSA) is 83.1 Å². The summed E-state index contributed by atoms with van der Waals surface area (Å²) in [4.78, 5) is 31.7. The number of nitrogens with zero attached hydrogens (tertiary/aromatic N) is 2. The molecule has 0 aromatic heterocycles. The Balaban J connectivity index is 1.19. The lowest BCUT2D eigenvalue weighted by Crippen LogP contribution is -2.70. The number of Topliss-reactive ketones (excluding diaryl/α,β-unsaturated/α-hetero) is 1. The van der Waals surface area contributed by atoms with Crippen LogP contribution in [0.3, 0.4) is 0 Å². The van der Waals surface area contributed by atoms with Crippen molar-refractivity contribution in [2.75, 3.05) is 33.3 Å². The van der Waals surface area contributed by atoms with Crippen molar-refractivity contribution in [1.82, 2.24) is 20.4 Å². The minimum Gasteiger partial charge on any atom is -0.497 e. The number of benzene rings is 1. The van der Waals surface area contributed by atoms with E-state index in [1.807, 2.05) is 18.3 Å². The molecule has 1 aromatic carbocycles. The molecular weight excluding hydrogens is 480 g/mol. The fourth-order valence-corrected chi connectivity index (χ4v) is 7.44. The number of ketones is 1. The van der Waals surface area contributed by atoms with E-state index in [0.717, 1.165) is 57.6 Å². The third kappa shape index (κ3) is 5.10. The van der Waals surface area contributed by atoms with Gasteiger partial charge in [0.1, 0.15) is 5.75 Å². The average Bonchev–Trinajstić information content (AvgIpc) is 3.47. The van der Waals surface area contributed by atoms with E-state index >= 15 is 0 Å². The molecule has 5 aliphatic rings. The Hall–Kier alpha value is -2.42. The van der Waals surface area contributed by atoms with Crippen molar-refractivity contribution in [2.24, 2.45) is 5.92 Å². The highest BCUT2D eigenvalue weighted by Gasteiger charge is 2.55. The van der Waals surface area contributed by atoms with Crippen LogP contribution < -0.4 is 15.4 Å². The van der Waals surface area contributed by atoms with Crippen LogP contribution in [0.25, 0.3) is 0 Å². The SMILES string of the molecule is COc1cccc(CNC2CCC3C(=O)C(C(=O)NCCN4CCCC4)=CN4C5CCCCC5OC2C34)c1. The molecule has 1 amide bonds. The number of methoxy groups -OCH3 is 1. The summed E-state index contributed by atoms with van der Waals surface area (Å²) in [6.07, 6.45) is 10.5. The predicted octanol–water partition coefficient (Wildman–Crippen LogP) is 2.62. The van der Waals surface area contributed by atoms with Crippen molar-refractivity contribution in [2.45, 2.75) is 88.2 Å². The van der Waals surface area contributed by atoms with Gasteiger partial charge in [-0.3, -0.25) is 9.59 Å². The Morgan fingerprint density at radius 1 is 1.11 bits per heavy atom. The largest absolute Gasteiger partial charge is 0.497 e. The molecule has 6 unspecified atom stereocenters. The standard InChI is InChI=1S/C30H42N4O4/c1-37-21-8-6-7-20(17-21)18-32-24-12-11-22-27-29(24)38-26-10-3-2-9-25(26)34(27)19-23(28(22)35)30(36)31-13-16-33-14-4-5-15-33/h6-8,17,19,22,24-27,29,32H,2-5,9-16,18H2,1H3,(H,31,36). The summed E-state index contributed by atoms with van der Waals surface area (Å²) >= 11 is 0. The molecule has 38 heavy (non-hydrogen) atoms. The van der Waals surface area contributed by atoms with Gasteiger partial charge in [-0.25, -0.2) is 0 Å². The first-order valence-electron chi connectivity index (χ1n) is 14.7. The van der Waals surface area contributed by atoms with Gasteiger partial charge in [-0.1, -0.05) is 25.0 Å². The minimum atomic E-state index is -0.207. The van der Waals surface area contributed by atoms with Gasteiger partial charge in [0, 0.05) is 37.8 Å². The summed E-state index contributed by atoms with van der Waals surface area (Å²) in [5, 5.41) is 6.81. The molecule has 0 spiro atoms. The van der Waals surface area contributed by atoms with Gasteiger partial charge in [-0.2, -0.15) is 0 Å². The van der Waals surface area contributed by atoms with Crippen LogP contribution in [0, 0.1) is 5.92 Å². The first-order chi connectivity index (χ1) is 18.6. The van der Waals surface area contributed by atoms with Crippen molar-refractivity contribution in [3.8, 4) is 5.75 Å². The van der Waals surface area contributed by atoms with Gasteiger partial charge in [-0.05, 0) is 69.3 Å². The van der Waals surface area contributed by atoms with Crippen molar-refractivity contribution in [3.05, 3.63) is 41.6 Å². The fraction of sp³-hybridized carbons (Fsp3) is 0.667. The molecule has 0 radical (unpaired) electrons. The highest BCUT2D eigenvalue weighted by Crippen LogP contribution is 2.44. The lowest BCUT2D eigenvalue weighted by molar-refractivity contribution is -0.188. The van der Waals surface area contributed by atoms with Crippen molar-refractivity contribution in [1.29, 1.82) is 0 Å². The maximum Gasteiger partial charge on any atom is 0.256 e. The van der Waals surface area contributed by atoms with Crippen LogP contribution in [0.2, 0.25) is 0 Å². The summed E-state index contributed by atoms with van der Waals surface area (Å²) < 4.78 is 12.2. The highest BCUT2D eigenvalue weighted by atomic mass is 16.5. The van der Waals surface area contributed by atoms with Crippen LogP contribution in [0.4, 0.5) is 0 Å². The second-order valence-electron chi connectivity index (χ2n) is 11.7. The normalized spacial score (nSPS) is 32.8. The molecule has 4 fully saturated rings. The molecule has 2 saturated carbocycles. The molecule has 8 nitrogen and oxygen atoms in total. The van der Waals surface area contributed by atoms with Gasteiger partial charge < -0.3 is 29.9 Å². The average molecular weight is 523 g/mol. The number of fused-ring (bicyclic) bond motifs is 2. The second-order valence-corrected chi connectivity index (χ2v) is 11.7. The Morgan fingerprint density at radius 3 is 2.79 bits per heavy atom. The predicted molar refractivity (Wildman–Crippen MR) is 145 cm³/mol. The number of amides is 1. The summed E-state index contributed by atoms with van der Waals surface area (Å²) in [5.74, 6) is 0.454. The molecule has 2 N–H and O–H groups in total. The van der Waals surface area contributed by atoms with Gasteiger partial charge >= 0.3 is 0 Å². The van der Waals surface area contributed by atoms with Crippen LogP contribution in [0.15, 0.2) is 36.0 Å². The smallest absolute Gasteiger partial charge is 0.256 e. The monoisotopic (exact) mass is 522 g/mol. The number of hydrogen-bond acceptors (Lipinski definition) is 7. The number of likely N-dealkylation sites (tertiary alicyclic amines) is 1. The summed E-state index contributed by atoms with van der Waals surface area (Å²) in [6, 6.07) is 8.52. The molecular formula is C30H42N4O4. The van der Waals surface area contributed by atoms with Crippen LogP contribution >= 0.6 is 0 Å². The first kappa shape index (κ1) is 25.8. The number of hydrogen-bond donors (Lipinski definition) is 2. The molecule has 0 bridgehead atoms. The number of carbonyl (C=O) groups excluding carboxylic acids is 2. The van der Waals surface area contributed by atoms with E-state index < -0.39 is 0 Å². The van der Waals surface area contributed by atoms with Crippen molar-refractivity contribution < 1.29 is 19.1 Å². The van der Waals surface area contributed by atoms with Crippen molar-refractivity contribution in [3.63, 3.8) is 0 Å². The van der Waals surface area contributed by atoms with Gasteiger partial charge in [0.15, 0.2) is 5.78 Å². The van der Waals surface area contributed by atoms with E-state index in [4.69, 9.17) is 9.47 Å². The van der Waals surface area contributed by atoms with Gasteiger partial charge in [0.25, 0.3) is 5.91 Å². The van der Waals surface area contributed by atoms with E-state index in [1.165, 1.54) is 31.2 Å². The Labute approximate surface area is 226 Å². The van der Waals surface area contributed by atoms with Crippen molar-refractivity contribution >= 4 is 11.7 Å². The lowest BCUT2D eigenvalue weighted by atomic mass is 9.70. The molecule has 6 atom stereocenters. The number of nitrogens with one attached hydrogen (secondary N) is 2. The summed E-state index contributed by atoms with van der Waals surface area (Å²) in [7, 11) is 1.69. The fourth-order valence-electron chi connectivity index (χ4n) is 7.44. The molecule has 2 aliphatic carbocycles. The van der Waals surface area contributed by atoms with E-state index in [1.54, 1.807) is 7.11 Å². The zero-order valence-electron chi connectivity index (χ0n) is 22.6. The Morgan fingerprint density at radius 2 is 1.95 bits per heavy atom. The van der Waals surface area contributed by atoms with Crippen LogP contribution in [-0.2, 0) is 20.9 Å². The Kier molecular flexibility index (Phi) is 7.73. The van der Waals surface area contributed by atoms with Gasteiger partial charge in [0.2, 0.25) is 0 Å². The molecule has 1 aromatic rings. The van der Waals surface area contributed by atoms with E-state index in [2.05, 4.69) is 32.6 Å². The van der Waals surface area contributed by atoms with E-state index in [9.17, 15) is 9.59 Å². The highest BCUT2D eigenvalue weighted by molar-refractivity contribution is 6.20. The van der Waals surface area contributed by atoms with Crippen LogP contribution in [0.1, 0.15) is 56.9 Å². The third-order valence-corrected chi connectivity index (χ3v) is 9.40. The van der Waals surface area contributed by atoms with E-state index in [0.29, 0.717) is 12.1 Å². The quantitative estimate of drug-likeness (QED) is 0.508. The maximum atomic E-state index is 13.7. The molecule has 2 saturated heterocycles. The first-order valence-corrected chi connectivity index (χ1v) is 14.7. The number of carbonyl (C=O) groups is 2. The van der Waals surface area contributed by atoms with Crippen LogP contribution in [0.5, 0.6) is 5.75 Å². The molecule has 3 heterocycles. The second kappa shape index (κ2) is 11.4. The lowest BCUT2D eigenvalue weighted by Gasteiger charge is -2.58. The van der Waals surface area contributed by atoms with Gasteiger partial charge in [-0.15, -0.1) is 0 Å². The minimum absolute atomic E-state index is 0.000900. The number of rotatable bonds is 8. The summed E-state index contributed by atoms with van der Waals surface area (Å²) in [6.45, 7) is 4.37.